The number of hydrogen-bond acceptors (Lipinski definition) is 2. The Morgan fingerprint density at radius 2 is 2.00 bits per heavy atom. The van der Waals surface area contributed by atoms with E-state index in [0.717, 1.165) is 13.0 Å². The summed E-state index contributed by atoms with van der Waals surface area (Å²) >= 11 is 0. The molecule has 1 saturated heterocycles. The quantitative estimate of drug-likeness (QED) is 0.893. The molecule has 18 heavy (non-hydrogen) atoms. The van der Waals surface area contributed by atoms with E-state index in [1.807, 2.05) is 0 Å². The van der Waals surface area contributed by atoms with Crippen LogP contribution in [0.2, 0.25) is 0 Å². The van der Waals surface area contributed by atoms with Crippen molar-refractivity contribution in [1.29, 1.82) is 0 Å². The van der Waals surface area contributed by atoms with E-state index in [9.17, 15) is 8.78 Å². The molecule has 2 nitrogen and oxygen atoms in total. The Morgan fingerprint density at radius 3 is 2.61 bits per heavy atom. The average molecular weight is 255 g/mol. The van der Waals surface area contributed by atoms with Crippen molar-refractivity contribution >= 4 is 0 Å². The largest absolute Gasteiger partial charge is 0.373 e. The van der Waals surface area contributed by atoms with Crippen LogP contribution in [0.1, 0.15) is 31.9 Å². The summed E-state index contributed by atoms with van der Waals surface area (Å²) in [4.78, 5) is 0. The van der Waals surface area contributed by atoms with E-state index >= 15 is 0 Å². The zero-order valence-electron chi connectivity index (χ0n) is 10.7. The predicted molar refractivity (Wildman–Crippen MR) is 66.3 cm³/mol. The first-order valence-electron chi connectivity index (χ1n) is 6.38. The number of benzene rings is 1. The molecule has 0 aliphatic carbocycles. The number of ether oxygens (including phenoxy) is 1. The molecular weight excluding hydrogens is 236 g/mol. The van der Waals surface area contributed by atoms with Gasteiger partial charge in [-0.25, -0.2) is 8.78 Å². The maximum Gasteiger partial charge on any atom is 0.131 e. The van der Waals surface area contributed by atoms with Gasteiger partial charge in [-0.3, -0.25) is 0 Å². The standard InChI is InChI=1S/C14H19F2NO/c1-9(2)17-8-10-6-7-18-14(10)13-11(15)4-3-5-12(13)16/h3-5,9-10,14,17H,6-8H2,1-2H3. The summed E-state index contributed by atoms with van der Waals surface area (Å²) in [5.41, 5.74) is 0.0746. The van der Waals surface area contributed by atoms with Gasteiger partial charge in [-0.2, -0.15) is 0 Å². The Kier molecular flexibility index (Phi) is 4.30. The lowest BCUT2D eigenvalue weighted by Crippen LogP contribution is -2.30. The number of nitrogens with one attached hydrogen (secondary N) is 1. The van der Waals surface area contributed by atoms with Crippen molar-refractivity contribution in [2.45, 2.75) is 32.4 Å². The first-order chi connectivity index (χ1) is 8.59. The molecule has 1 heterocycles. The predicted octanol–water partition coefficient (Wildman–Crippen LogP) is 3.04. The molecule has 1 N–H and O–H groups in total. The van der Waals surface area contributed by atoms with Crippen molar-refractivity contribution in [2.75, 3.05) is 13.2 Å². The molecule has 1 aliphatic rings. The number of hydrogen-bond donors (Lipinski definition) is 1. The SMILES string of the molecule is CC(C)NCC1CCOC1c1c(F)cccc1F. The van der Waals surface area contributed by atoms with Gasteiger partial charge < -0.3 is 10.1 Å². The molecule has 1 aromatic carbocycles. The van der Waals surface area contributed by atoms with Crippen LogP contribution in [-0.2, 0) is 4.74 Å². The smallest absolute Gasteiger partial charge is 0.131 e. The highest BCUT2D eigenvalue weighted by Crippen LogP contribution is 2.36. The van der Waals surface area contributed by atoms with Crippen molar-refractivity contribution in [1.82, 2.24) is 5.32 Å². The summed E-state index contributed by atoms with van der Waals surface area (Å²) < 4.78 is 33.0. The third-order valence-corrected chi connectivity index (χ3v) is 3.29. The van der Waals surface area contributed by atoms with E-state index in [-0.39, 0.29) is 11.5 Å². The van der Waals surface area contributed by atoms with Gasteiger partial charge in [0.25, 0.3) is 0 Å². The third kappa shape index (κ3) is 2.87. The molecule has 0 amide bonds. The van der Waals surface area contributed by atoms with Crippen LogP contribution in [-0.4, -0.2) is 19.2 Å². The lowest BCUT2D eigenvalue weighted by molar-refractivity contribution is 0.0838. The topological polar surface area (TPSA) is 21.3 Å². The zero-order chi connectivity index (χ0) is 13.1. The fourth-order valence-electron chi connectivity index (χ4n) is 2.33. The van der Waals surface area contributed by atoms with Gasteiger partial charge in [0, 0.05) is 25.1 Å². The van der Waals surface area contributed by atoms with Crippen LogP contribution < -0.4 is 5.32 Å². The molecule has 4 heteroatoms. The van der Waals surface area contributed by atoms with E-state index in [4.69, 9.17) is 4.74 Å². The van der Waals surface area contributed by atoms with Crippen molar-refractivity contribution in [3.63, 3.8) is 0 Å². The summed E-state index contributed by atoms with van der Waals surface area (Å²) in [6, 6.07) is 4.31. The molecule has 1 fully saturated rings. The fraction of sp³-hybridized carbons (Fsp3) is 0.571. The van der Waals surface area contributed by atoms with Crippen LogP contribution in [0.25, 0.3) is 0 Å². The Labute approximate surface area is 106 Å². The fourth-order valence-corrected chi connectivity index (χ4v) is 2.33. The minimum absolute atomic E-state index is 0.0746. The van der Waals surface area contributed by atoms with Crippen LogP contribution in [0.3, 0.4) is 0 Å². The Morgan fingerprint density at radius 1 is 1.33 bits per heavy atom. The van der Waals surface area contributed by atoms with Crippen molar-refractivity contribution in [3.05, 3.63) is 35.4 Å². The van der Waals surface area contributed by atoms with Gasteiger partial charge in [0.1, 0.15) is 11.6 Å². The molecular formula is C14H19F2NO. The van der Waals surface area contributed by atoms with Crippen LogP contribution in [0.4, 0.5) is 8.78 Å². The van der Waals surface area contributed by atoms with Crippen molar-refractivity contribution in [3.8, 4) is 0 Å². The highest BCUT2D eigenvalue weighted by Gasteiger charge is 2.33. The van der Waals surface area contributed by atoms with E-state index in [1.54, 1.807) is 0 Å². The second kappa shape index (κ2) is 5.76. The summed E-state index contributed by atoms with van der Waals surface area (Å²) in [5, 5.41) is 3.30. The molecule has 0 radical (unpaired) electrons. The maximum atomic E-state index is 13.7. The van der Waals surface area contributed by atoms with E-state index < -0.39 is 17.7 Å². The Bertz CT molecular complexity index is 389. The summed E-state index contributed by atoms with van der Waals surface area (Å²) in [6.45, 7) is 5.38. The normalized spacial score (nSPS) is 23.8. The number of halogens is 2. The Hall–Kier alpha value is -1.00. The lowest BCUT2D eigenvalue weighted by Gasteiger charge is -2.21. The highest BCUT2D eigenvalue weighted by atomic mass is 19.1. The second-order valence-corrected chi connectivity index (χ2v) is 5.04. The Balaban J connectivity index is 2.16. The molecule has 2 atom stereocenters. The highest BCUT2D eigenvalue weighted by molar-refractivity contribution is 5.23. The molecule has 0 spiro atoms. The van der Waals surface area contributed by atoms with Gasteiger partial charge in [-0.15, -0.1) is 0 Å². The number of rotatable bonds is 4. The third-order valence-electron chi connectivity index (χ3n) is 3.29. The van der Waals surface area contributed by atoms with E-state index in [0.29, 0.717) is 12.6 Å². The van der Waals surface area contributed by atoms with Gasteiger partial charge in [0.15, 0.2) is 0 Å². The van der Waals surface area contributed by atoms with Crippen LogP contribution >= 0.6 is 0 Å². The molecule has 0 aromatic heterocycles. The second-order valence-electron chi connectivity index (χ2n) is 5.04. The van der Waals surface area contributed by atoms with Gasteiger partial charge in [-0.05, 0) is 18.6 Å². The molecule has 100 valence electrons. The van der Waals surface area contributed by atoms with Gasteiger partial charge in [0.2, 0.25) is 0 Å². The van der Waals surface area contributed by atoms with Crippen LogP contribution in [0.5, 0.6) is 0 Å². The minimum Gasteiger partial charge on any atom is -0.373 e. The summed E-state index contributed by atoms with van der Waals surface area (Å²) in [7, 11) is 0. The molecule has 1 aromatic rings. The van der Waals surface area contributed by atoms with Gasteiger partial charge in [-0.1, -0.05) is 19.9 Å². The molecule has 0 saturated carbocycles. The van der Waals surface area contributed by atoms with E-state index in [1.165, 1.54) is 18.2 Å². The summed E-state index contributed by atoms with van der Waals surface area (Å²) in [6.07, 6.45) is 0.357. The molecule has 2 rings (SSSR count). The molecule has 1 aliphatic heterocycles. The van der Waals surface area contributed by atoms with Gasteiger partial charge in [0.05, 0.1) is 11.7 Å². The van der Waals surface area contributed by atoms with Crippen molar-refractivity contribution < 1.29 is 13.5 Å². The zero-order valence-corrected chi connectivity index (χ0v) is 10.7. The maximum absolute atomic E-state index is 13.7. The minimum atomic E-state index is -0.517. The molecule has 2 unspecified atom stereocenters. The van der Waals surface area contributed by atoms with Gasteiger partial charge >= 0.3 is 0 Å². The monoisotopic (exact) mass is 255 g/mol. The van der Waals surface area contributed by atoms with E-state index in [2.05, 4.69) is 19.2 Å². The summed E-state index contributed by atoms with van der Waals surface area (Å²) in [5.74, 6) is -0.910. The first kappa shape index (κ1) is 13.4. The first-order valence-corrected chi connectivity index (χ1v) is 6.38. The van der Waals surface area contributed by atoms with Crippen LogP contribution in [0, 0.1) is 17.6 Å². The average Bonchev–Trinajstić information content (AvgIpc) is 2.74. The van der Waals surface area contributed by atoms with Crippen molar-refractivity contribution in [2.24, 2.45) is 5.92 Å². The van der Waals surface area contributed by atoms with Crippen LogP contribution in [0.15, 0.2) is 18.2 Å². The molecule has 0 bridgehead atoms. The lowest BCUT2D eigenvalue weighted by atomic mass is 9.94.